The van der Waals surface area contributed by atoms with Crippen LogP contribution in [0.15, 0.2) is 42.5 Å². The summed E-state index contributed by atoms with van der Waals surface area (Å²) >= 11 is 0. The van der Waals surface area contributed by atoms with Crippen LogP contribution in [0.25, 0.3) is 11.1 Å². The van der Waals surface area contributed by atoms with Gasteiger partial charge in [-0.05, 0) is 56.6 Å². The zero-order valence-corrected chi connectivity index (χ0v) is 14.6. The number of hydrogen-bond acceptors (Lipinski definition) is 2. The molecule has 1 heterocycles. The molecule has 0 bridgehead atoms. The minimum Gasteiger partial charge on any atom is -0.465 e. The molecule has 0 radical (unpaired) electrons. The number of rotatable bonds is 4. The number of halogens is 1. The number of aryl methyl sites for hydroxylation is 1. The van der Waals surface area contributed by atoms with Crippen LogP contribution in [0.5, 0.6) is 0 Å². The molecule has 1 saturated heterocycles. The maximum absolute atomic E-state index is 13.9. The third-order valence-corrected chi connectivity index (χ3v) is 4.74. The van der Waals surface area contributed by atoms with Crippen LogP contribution in [0.1, 0.15) is 12.0 Å². The number of anilines is 1. The molecule has 1 fully saturated rings. The van der Waals surface area contributed by atoms with Crippen LogP contribution in [-0.2, 0) is 0 Å². The Hall–Kier alpha value is -2.40. The van der Waals surface area contributed by atoms with E-state index in [9.17, 15) is 14.3 Å². The summed E-state index contributed by atoms with van der Waals surface area (Å²) in [6, 6.07) is 12.0. The Kier molecular flexibility index (Phi) is 5.04. The molecule has 25 heavy (non-hydrogen) atoms. The van der Waals surface area contributed by atoms with Crippen molar-refractivity contribution in [1.82, 2.24) is 4.90 Å². The van der Waals surface area contributed by atoms with Crippen molar-refractivity contribution in [3.63, 3.8) is 0 Å². The first kappa shape index (κ1) is 17.4. The van der Waals surface area contributed by atoms with Crippen LogP contribution in [-0.4, -0.2) is 42.8 Å². The summed E-state index contributed by atoms with van der Waals surface area (Å²) in [4.78, 5) is 15.5. The van der Waals surface area contributed by atoms with Gasteiger partial charge in [0, 0.05) is 18.7 Å². The van der Waals surface area contributed by atoms with Gasteiger partial charge in [0.2, 0.25) is 0 Å². The molecule has 5 heteroatoms. The molecular formula is C20H23FN2O2. The standard InChI is InChI=1S/C20H23FN2O2/c1-14-4-3-5-16(10-14)18-11-17(21)6-7-19(18)23(20(24)25)13-15-8-9-22(2)12-15/h3-7,10-11,15H,8-9,12-13H2,1-2H3,(H,24,25)/t15-/m1/s1. The fourth-order valence-electron chi connectivity index (χ4n) is 3.50. The van der Waals surface area contributed by atoms with Gasteiger partial charge in [-0.3, -0.25) is 4.90 Å². The van der Waals surface area contributed by atoms with Gasteiger partial charge >= 0.3 is 6.09 Å². The van der Waals surface area contributed by atoms with Crippen molar-refractivity contribution in [2.24, 2.45) is 5.92 Å². The highest BCUT2D eigenvalue weighted by atomic mass is 19.1. The second-order valence-corrected chi connectivity index (χ2v) is 6.84. The third kappa shape index (κ3) is 3.99. The number of benzene rings is 2. The Morgan fingerprint density at radius 1 is 1.32 bits per heavy atom. The third-order valence-electron chi connectivity index (χ3n) is 4.74. The number of likely N-dealkylation sites (tertiary alicyclic amines) is 1. The predicted octanol–water partition coefficient (Wildman–Crippen LogP) is 4.24. The summed E-state index contributed by atoms with van der Waals surface area (Å²) in [6.07, 6.45) is -0.0311. The molecule has 0 saturated carbocycles. The van der Waals surface area contributed by atoms with Crippen LogP contribution < -0.4 is 4.90 Å². The molecule has 0 unspecified atom stereocenters. The van der Waals surface area contributed by atoms with Crippen LogP contribution >= 0.6 is 0 Å². The van der Waals surface area contributed by atoms with Crippen molar-refractivity contribution in [2.45, 2.75) is 13.3 Å². The van der Waals surface area contributed by atoms with Crippen molar-refractivity contribution in [1.29, 1.82) is 0 Å². The predicted molar refractivity (Wildman–Crippen MR) is 97.5 cm³/mol. The normalized spacial score (nSPS) is 17.6. The van der Waals surface area contributed by atoms with Gasteiger partial charge in [0.1, 0.15) is 5.82 Å². The minimum atomic E-state index is -1.00. The molecule has 1 amide bonds. The van der Waals surface area contributed by atoms with E-state index in [1.807, 2.05) is 38.2 Å². The first-order valence-corrected chi connectivity index (χ1v) is 8.49. The van der Waals surface area contributed by atoms with Gasteiger partial charge in [0.15, 0.2) is 0 Å². The maximum atomic E-state index is 13.9. The lowest BCUT2D eigenvalue weighted by atomic mass is 10.00. The smallest absolute Gasteiger partial charge is 0.411 e. The van der Waals surface area contributed by atoms with Gasteiger partial charge in [-0.2, -0.15) is 0 Å². The van der Waals surface area contributed by atoms with E-state index >= 15 is 0 Å². The lowest BCUT2D eigenvalue weighted by molar-refractivity contribution is 0.200. The molecule has 132 valence electrons. The topological polar surface area (TPSA) is 43.8 Å². The quantitative estimate of drug-likeness (QED) is 0.904. The van der Waals surface area contributed by atoms with Crippen molar-refractivity contribution in [3.05, 3.63) is 53.8 Å². The summed E-state index contributed by atoms with van der Waals surface area (Å²) in [5.41, 5.74) is 3.02. The summed E-state index contributed by atoms with van der Waals surface area (Å²) in [7, 11) is 2.04. The summed E-state index contributed by atoms with van der Waals surface area (Å²) in [6.45, 7) is 4.24. The fourth-order valence-corrected chi connectivity index (χ4v) is 3.50. The van der Waals surface area contributed by atoms with Crippen molar-refractivity contribution >= 4 is 11.8 Å². The molecule has 1 aliphatic heterocycles. The zero-order chi connectivity index (χ0) is 18.0. The Balaban J connectivity index is 2.00. The van der Waals surface area contributed by atoms with Gasteiger partial charge in [0.05, 0.1) is 5.69 Å². The number of hydrogen-bond donors (Lipinski definition) is 1. The van der Waals surface area contributed by atoms with Gasteiger partial charge in [0.25, 0.3) is 0 Å². The van der Waals surface area contributed by atoms with Gasteiger partial charge in [-0.25, -0.2) is 9.18 Å². The molecule has 0 aliphatic carbocycles. The van der Waals surface area contributed by atoms with Crippen LogP contribution in [0.2, 0.25) is 0 Å². The van der Waals surface area contributed by atoms with E-state index in [4.69, 9.17) is 0 Å². The summed E-state index contributed by atoms with van der Waals surface area (Å²) in [5, 5.41) is 9.77. The number of amides is 1. The van der Waals surface area contributed by atoms with E-state index in [0.717, 1.165) is 30.6 Å². The van der Waals surface area contributed by atoms with E-state index in [2.05, 4.69) is 4.90 Å². The van der Waals surface area contributed by atoms with E-state index < -0.39 is 6.09 Å². The lowest BCUT2D eigenvalue weighted by Crippen LogP contribution is -2.35. The molecule has 3 rings (SSSR count). The summed E-state index contributed by atoms with van der Waals surface area (Å²) < 4.78 is 13.9. The van der Waals surface area contributed by atoms with E-state index in [-0.39, 0.29) is 11.7 Å². The molecule has 2 aromatic rings. The molecule has 1 atom stereocenters. The Labute approximate surface area is 147 Å². The minimum absolute atomic E-state index is 0.288. The molecule has 2 aromatic carbocycles. The van der Waals surface area contributed by atoms with Crippen molar-refractivity contribution in [3.8, 4) is 11.1 Å². The van der Waals surface area contributed by atoms with Crippen LogP contribution in [0, 0.1) is 18.7 Å². The molecule has 0 aromatic heterocycles. The van der Waals surface area contributed by atoms with Crippen LogP contribution in [0.3, 0.4) is 0 Å². The Morgan fingerprint density at radius 3 is 2.76 bits per heavy atom. The fraction of sp³-hybridized carbons (Fsp3) is 0.350. The first-order valence-electron chi connectivity index (χ1n) is 8.49. The van der Waals surface area contributed by atoms with Crippen molar-refractivity contribution in [2.75, 3.05) is 31.6 Å². The Bertz CT molecular complexity index is 778. The molecule has 1 N–H and O–H groups in total. The zero-order valence-electron chi connectivity index (χ0n) is 14.6. The van der Waals surface area contributed by atoms with E-state index in [0.29, 0.717) is 17.8 Å². The highest BCUT2D eigenvalue weighted by molar-refractivity contribution is 5.93. The number of nitrogens with zero attached hydrogens (tertiary/aromatic N) is 2. The maximum Gasteiger partial charge on any atom is 0.411 e. The SMILES string of the molecule is Cc1cccc(-c2cc(F)ccc2N(C[C@@H]2CCN(C)C2)C(=O)O)c1. The largest absolute Gasteiger partial charge is 0.465 e. The first-order chi connectivity index (χ1) is 11.9. The molecule has 1 aliphatic rings. The lowest BCUT2D eigenvalue weighted by Gasteiger charge is -2.25. The van der Waals surface area contributed by atoms with E-state index in [1.54, 1.807) is 6.07 Å². The van der Waals surface area contributed by atoms with Gasteiger partial charge < -0.3 is 10.0 Å². The monoisotopic (exact) mass is 342 g/mol. The number of carbonyl (C=O) groups is 1. The number of carboxylic acid groups (broad SMARTS) is 1. The van der Waals surface area contributed by atoms with Crippen molar-refractivity contribution < 1.29 is 14.3 Å². The second-order valence-electron chi connectivity index (χ2n) is 6.84. The van der Waals surface area contributed by atoms with E-state index in [1.165, 1.54) is 17.0 Å². The second kappa shape index (κ2) is 7.23. The highest BCUT2D eigenvalue weighted by Crippen LogP contribution is 2.33. The highest BCUT2D eigenvalue weighted by Gasteiger charge is 2.27. The molecule has 4 nitrogen and oxygen atoms in total. The molecule has 0 spiro atoms. The van der Waals surface area contributed by atoms with Crippen LogP contribution in [0.4, 0.5) is 14.9 Å². The Morgan fingerprint density at radius 2 is 2.12 bits per heavy atom. The van der Waals surface area contributed by atoms with Gasteiger partial charge in [-0.1, -0.05) is 29.8 Å². The average Bonchev–Trinajstić information content (AvgIpc) is 2.98. The summed E-state index contributed by atoms with van der Waals surface area (Å²) in [5.74, 6) is -0.0808. The molecular weight excluding hydrogens is 319 g/mol. The van der Waals surface area contributed by atoms with Gasteiger partial charge in [-0.15, -0.1) is 0 Å². The average molecular weight is 342 g/mol.